The van der Waals surface area contributed by atoms with Gasteiger partial charge in [0.15, 0.2) is 0 Å². The van der Waals surface area contributed by atoms with Crippen LogP contribution < -0.4 is 10.6 Å². The fourth-order valence-corrected chi connectivity index (χ4v) is 1.97. The molecule has 0 radical (unpaired) electrons. The molecule has 7 heteroatoms. The third kappa shape index (κ3) is 3.38. The molecule has 0 fully saturated rings. The molecule has 0 unspecified atom stereocenters. The molecule has 2 N–H and O–H groups in total. The van der Waals surface area contributed by atoms with Crippen molar-refractivity contribution in [3.63, 3.8) is 0 Å². The van der Waals surface area contributed by atoms with Gasteiger partial charge in [0.05, 0.1) is 18.5 Å². The highest BCUT2D eigenvalue weighted by molar-refractivity contribution is 7.09. The van der Waals surface area contributed by atoms with E-state index in [-0.39, 0.29) is 0 Å². The van der Waals surface area contributed by atoms with Crippen LogP contribution in [0.5, 0.6) is 0 Å². The van der Waals surface area contributed by atoms with Crippen molar-refractivity contribution >= 4 is 28.2 Å². The number of methoxy groups -OCH3 is 1. The SMILES string of the molecule is CNc1ccc(Nc2nc(CCOC)ns2)cn1. The van der Waals surface area contributed by atoms with Gasteiger partial charge in [-0.3, -0.25) is 0 Å². The second kappa shape index (κ2) is 6.27. The largest absolute Gasteiger partial charge is 0.384 e. The van der Waals surface area contributed by atoms with Crippen molar-refractivity contribution < 1.29 is 4.74 Å². The van der Waals surface area contributed by atoms with Gasteiger partial charge in [0, 0.05) is 32.1 Å². The molecular formula is C11H15N5OS. The molecule has 0 atom stereocenters. The molecular weight excluding hydrogens is 250 g/mol. The van der Waals surface area contributed by atoms with Gasteiger partial charge in [-0.15, -0.1) is 0 Å². The van der Waals surface area contributed by atoms with Crippen LogP contribution in [0.2, 0.25) is 0 Å². The van der Waals surface area contributed by atoms with Crippen LogP contribution in [0.3, 0.4) is 0 Å². The van der Waals surface area contributed by atoms with Crippen LogP contribution in [-0.4, -0.2) is 35.1 Å². The van der Waals surface area contributed by atoms with E-state index in [1.54, 1.807) is 13.3 Å². The van der Waals surface area contributed by atoms with Gasteiger partial charge < -0.3 is 15.4 Å². The van der Waals surface area contributed by atoms with Gasteiger partial charge in [-0.1, -0.05) is 0 Å². The first-order valence-electron chi connectivity index (χ1n) is 5.54. The summed E-state index contributed by atoms with van der Waals surface area (Å²) in [6.45, 7) is 0.634. The van der Waals surface area contributed by atoms with Crippen molar-refractivity contribution in [3.05, 3.63) is 24.2 Å². The molecule has 2 aromatic heterocycles. The number of anilines is 3. The second-order valence-electron chi connectivity index (χ2n) is 3.57. The standard InChI is InChI=1S/C11H15N5OS/c1-12-9-4-3-8(7-13-9)14-11-15-10(16-18-11)5-6-17-2/h3-4,7H,5-6H2,1-2H3,(H,12,13)(H,14,15,16). The molecule has 0 aliphatic carbocycles. The summed E-state index contributed by atoms with van der Waals surface area (Å²) in [5.74, 6) is 1.63. The lowest BCUT2D eigenvalue weighted by molar-refractivity contribution is 0.201. The van der Waals surface area contributed by atoms with Crippen molar-refractivity contribution in [1.82, 2.24) is 14.3 Å². The molecule has 18 heavy (non-hydrogen) atoms. The maximum Gasteiger partial charge on any atom is 0.207 e. The molecule has 6 nitrogen and oxygen atoms in total. The fourth-order valence-electron chi connectivity index (χ4n) is 1.34. The predicted octanol–water partition coefficient (Wildman–Crippen LogP) is 1.91. The lowest BCUT2D eigenvalue weighted by Gasteiger charge is -2.02. The first-order chi connectivity index (χ1) is 8.81. The zero-order valence-corrected chi connectivity index (χ0v) is 11.1. The zero-order chi connectivity index (χ0) is 12.8. The predicted molar refractivity (Wildman–Crippen MR) is 72.6 cm³/mol. The highest BCUT2D eigenvalue weighted by Gasteiger charge is 2.04. The van der Waals surface area contributed by atoms with Crippen molar-refractivity contribution in [2.24, 2.45) is 0 Å². The number of pyridine rings is 1. The number of nitrogens with zero attached hydrogens (tertiary/aromatic N) is 3. The van der Waals surface area contributed by atoms with Gasteiger partial charge in [0.2, 0.25) is 5.13 Å². The molecule has 0 amide bonds. The molecule has 0 bridgehead atoms. The quantitative estimate of drug-likeness (QED) is 0.831. The molecule has 2 heterocycles. The highest BCUT2D eigenvalue weighted by atomic mass is 32.1. The second-order valence-corrected chi connectivity index (χ2v) is 4.32. The number of rotatable bonds is 6. The Kier molecular flexibility index (Phi) is 4.43. The summed E-state index contributed by atoms with van der Waals surface area (Å²) in [5.41, 5.74) is 0.892. The third-order valence-corrected chi connectivity index (χ3v) is 2.94. The van der Waals surface area contributed by atoms with E-state index in [4.69, 9.17) is 4.74 Å². The van der Waals surface area contributed by atoms with Crippen LogP contribution in [0.1, 0.15) is 5.82 Å². The van der Waals surface area contributed by atoms with E-state index in [1.165, 1.54) is 11.5 Å². The number of ether oxygens (including phenoxy) is 1. The molecule has 0 aliphatic rings. The molecule has 0 saturated carbocycles. The molecule has 2 rings (SSSR count). The summed E-state index contributed by atoms with van der Waals surface area (Å²) in [6, 6.07) is 3.84. The van der Waals surface area contributed by atoms with E-state index in [0.29, 0.717) is 6.61 Å². The Morgan fingerprint density at radius 3 is 2.94 bits per heavy atom. The van der Waals surface area contributed by atoms with Crippen LogP contribution in [-0.2, 0) is 11.2 Å². The average Bonchev–Trinajstić information content (AvgIpc) is 2.85. The Balaban J connectivity index is 1.97. The Morgan fingerprint density at radius 2 is 2.28 bits per heavy atom. The minimum Gasteiger partial charge on any atom is -0.384 e. The summed E-state index contributed by atoms with van der Waals surface area (Å²) in [7, 11) is 3.50. The average molecular weight is 265 g/mol. The van der Waals surface area contributed by atoms with E-state index in [1.807, 2.05) is 19.2 Å². The minimum absolute atomic E-state index is 0.634. The van der Waals surface area contributed by atoms with Crippen molar-refractivity contribution in [1.29, 1.82) is 0 Å². The van der Waals surface area contributed by atoms with E-state index in [9.17, 15) is 0 Å². The van der Waals surface area contributed by atoms with Crippen LogP contribution in [0.15, 0.2) is 18.3 Å². The normalized spacial score (nSPS) is 10.3. The number of hydrogen-bond donors (Lipinski definition) is 2. The van der Waals surface area contributed by atoms with Crippen molar-refractivity contribution in [2.45, 2.75) is 6.42 Å². The highest BCUT2D eigenvalue weighted by Crippen LogP contribution is 2.18. The van der Waals surface area contributed by atoms with Crippen LogP contribution in [0.4, 0.5) is 16.6 Å². The van der Waals surface area contributed by atoms with Gasteiger partial charge in [0.1, 0.15) is 11.6 Å². The molecule has 0 spiro atoms. The number of aromatic nitrogens is 3. The van der Waals surface area contributed by atoms with Crippen molar-refractivity contribution in [3.8, 4) is 0 Å². The van der Waals surface area contributed by atoms with Crippen molar-refractivity contribution in [2.75, 3.05) is 31.4 Å². The summed E-state index contributed by atoms with van der Waals surface area (Å²) >= 11 is 1.33. The Bertz CT molecular complexity index is 484. The summed E-state index contributed by atoms with van der Waals surface area (Å²) in [5, 5.41) is 6.90. The smallest absolute Gasteiger partial charge is 0.207 e. The van der Waals surface area contributed by atoms with Crippen LogP contribution in [0, 0.1) is 0 Å². The first-order valence-corrected chi connectivity index (χ1v) is 6.31. The number of nitrogens with one attached hydrogen (secondary N) is 2. The van der Waals surface area contributed by atoms with E-state index >= 15 is 0 Å². The number of hydrogen-bond acceptors (Lipinski definition) is 7. The van der Waals surface area contributed by atoms with E-state index in [2.05, 4.69) is 25.0 Å². The van der Waals surface area contributed by atoms with Crippen LogP contribution >= 0.6 is 11.5 Å². The molecule has 0 aliphatic heterocycles. The monoisotopic (exact) mass is 265 g/mol. The Hall–Kier alpha value is -1.73. The lowest BCUT2D eigenvalue weighted by Crippen LogP contribution is -1.97. The third-order valence-electron chi connectivity index (χ3n) is 2.27. The van der Waals surface area contributed by atoms with Gasteiger partial charge in [-0.25, -0.2) is 9.97 Å². The topological polar surface area (TPSA) is 72.0 Å². The summed E-state index contributed by atoms with van der Waals surface area (Å²) in [6.07, 6.45) is 2.48. The first kappa shape index (κ1) is 12.7. The van der Waals surface area contributed by atoms with Crippen LogP contribution in [0.25, 0.3) is 0 Å². The zero-order valence-electron chi connectivity index (χ0n) is 10.3. The maximum atomic E-state index is 4.99. The molecule has 96 valence electrons. The Labute approximate surface area is 110 Å². The van der Waals surface area contributed by atoms with E-state index < -0.39 is 0 Å². The molecule has 2 aromatic rings. The molecule has 0 saturated heterocycles. The van der Waals surface area contributed by atoms with E-state index in [0.717, 1.165) is 28.9 Å². The summed E-state index contributed by atoms with van der Waals surface area (Å²) < 4.78 is 9.22. The minimum atomic E-state index is 0.634. The lowest BCUT2D eigenvalue weighted by atomic mass is 10.4. The maximum absolute atomic E-state index is 4.99. The van der Waals surface area contributed by atoms with Gasteiger partial charge in [0.25, 0.3) is 0 Å². The van der Waals surface area contributed by atoms with Gasteiger partial charge in [-0.05, 0) is 12.1 Å². The Morgan fingerprint density at radius 1 is 1.39 bits per heavy atom. The van der Waals surface area contributed by atoms with Gasteiger partial charge in [-0.2, -0.15) is 4.37 Å². The summed E-state index contributed by atoms with van der Waals surface area (Å²) in [4.78, 5) is 8.57. The fraction of sp³-hybridized carbons (Fsp3) is 0.364. The molecule has 0 aromatic carbocycles. The van der Waals surface area contributed by atoms with Gasteiger partial charge >= 0.3 is 0 Å².